The van der Waals surface area contributed by atoms with E-state index < -0.39 is 5.79 Å². The minimum atomic E-state index is -0.584. The first-order valence-electron chi connectivity index (χ1n) is 5.53. The highest BCUT2D eigenvalue weighted by molar-refractivity contribution is 5.61. The van der Waals surface area contributed by atoms with Crippen molar-refractivity contribution >= 4 is 5.57 Å². The first-order valence-corrected chi connectivity index (χ1v) is 5.53. The maximum atomic E-state index is 5.73. The molecule has 0 saturated carbocycles. The van der Waals surface area contributed by atoms with Gasteiger partial charge in [-0.15, -0.1) is 0 Å². The molecule has 0 N–H and O–H groups in total. The Morgan fingerprint density at radius 3 is 2.25 bits per heavy atom. The van der Waals surface area contributed by atoms with E-state index in [1.165, 1.54) is 0 Å². The van der Waals surface area contributed by atoms with Crippen LogP contribution in [0.1, 0.15) is 33.3 Å². The average molecular weight is 220 g/mol. The summed E-state index contributed by atoms with van der Waals surface area (Å²) < 4.78 is 11.2. The van der Waals surface area contributed by atoms with Gasteiger partial charge in [0.05, 0.1) is 0 Å². The molecule has 0 unspecified atom stereocenters. The van der Waals surface area contributed by atoms with Crippen molar-refractivity contribution in [2.75, 3.05) is 6.61 Å². The predicted octanol–water partition coefficient (Wildman–Crippen LogP) is 3.87. The Bertz CT molecular complexity index is 350. The zero-order valence-electron chi connectivity index (χ0n) is 10.5. The molecule has 1 rings (SSSR count). The van der Waals surface area contributed by atoms with Gasteiger partial charge in [-0.25, -0.2) is 0 Å². The van der Waals surface area contributed by atoms with Crippen LogP contribution in [0.15, 0.2) is 30.8 Å². The third-order valence-electron chi connectivity index (χ3n) is 2.20. The SMILES string of the molecule is C=C(C)c1ccc(OC(C)(C)OCC)cc1. The molecule has 0 fully saturated rings. The van der Waals surface area contributed by atoms with Gasteiger partial charge >= 0.3 is 0 Å². The molecular weight excluding hydrogens is 200 g/mol. The highest BCUT2D eigenvalue weighted by Gasteiger charge is 2.19. The summed E-state index contributed by atoms with van der Waals surface area (Å²) in [7, 11) is 0. The van der Waals surface area contributed by atoms with Crippen molar-refractivity contribution in [3.05, 3.63) is 36.4 Å². The molecule has 16 heavy (non-hydrogen) atoms. The third kappa shape index (κ3) is 3.70. The summed E-state index contributed by atoms with van der Waals surface area (Å²) in [5, 5.41) is 0. The lowest BCUT2D eigenvalue weighted by atomic mass is 10.1. The molecule has 1 aromatic rings. The van der Waals surface area contributed by atoms with Gasteiger partial charge in [0.15, 0.2) is 0 Å². The molecule has 0 saturated heterocycles. The molecule has 2 heteroatoms. The Hall–Kier alpha value is -1.28. The van der Waals surface area contributed by atoms with E-state index in [9.17, 15) is 0 Å². The van der Waals surface area contributed by atoms with Crippen molar-refractivity contribution in [2.24, 2.45) is 0 Å². The van der Waals surface area contributed by atoms with Crippen LogP contribution in [0.4, 0.5) is 0 Å². The van der Waals surface area contributed by atoms with E-state index in [0.29, 0.717) is 6.61 Å². The molecule has 0 heterocycles. The maximum Gasteiger partial charge on any atom is 0.204 e. The summed E-state index contributed by atoms with van der Waals surface area (Å²) in [5.41, 5.74) is 2.18. The van der Waals surface area contributed by atoms with Crippen LogP contribution in [0.2, 0.25) is 0 Å². The van der Waals surface area contributed by atoms with Gasteiger partial charge in [-0.05, 0) is 31.5 Å². The van der Waals surface area contributed by atoms with Crippen molar-refractivity contribution in [1.29, 1.82) is 0 Å². The second-order valence-electron chi connectivity index (χ2n) is 4.24. The average Bonchev–Trinajstić information content (AvgIpc) is 2.17. The molecule has 0 aliphatic carbocycles. The van der Waals surface area contributed by atoms with Gasteiger partial charge in [0, 0.05) is 20.5 Å². The van der Waals surface area contributed by atoms with Crippen LogP contribution in [0.25, 0.3) is 5.57 Å². The number of benzene rings is 1. The second-order valence-corrected chi connectivity index (χ2v) is 4.24. The van der Waals surface area contributed by atoms with Crippen LogP contribution in [0.5, 0.6) is 5.75 Å². The summed E-state index contributed by atoms with van der Waals surface area (Å²) in [6.07, 6.45) is 0. The van der Waals surface area contributed by atoms with E-state index in [4.69, 9.17) is 9.47 Å². The fraction of sp³-hybridized carbons (Fsp3) is 0.429. The Balaban J connectivity index is 2.72. The van der Waals surface area contributed by atoms with Gasteiger partial charge in [-0.2, -0.15) is 0 Å². The molecule has 1 aromatic carbocycles. The first-order chi connectivity index (χ1) is 7.44. The normalized spacial score (nSPS) is 11.2. The van der Waals surface area contributed by atoms with Gasteiger partial charge in [0.25, 0.3) is 0 Å². The lowest BCUT2D eigenvalue weighted by Gasteiger charge is -2.26. The number of hydrogen-bond donors (Lipinski definition) is 0. The number of rotatable bonds is 5. The van der Waals surface area contributed by atoms with Crippen molar-refractivity contribution in [2.45, 2.75) is 33.5 Å². The molecule has 2 nitrogen and oxygen atoms in total. The van der Waals surface area contributed by atoms with Crippen LogP contribution in [-0.4, -0.2) is 12.4 Å². The molecule has 0 radical (unpaired) electrons. The lowest BCUT2D eigenvalue weighted by Crippen LogP contribution is -2.31. The highest BCUT2D eigenvalue weighted by Crippen LogP contribution is 2.21. The Morgan fingerprint density at radius 2 is 1.81 bits per heavy atom. The van der Waals surface area contributed by atoms with E-state index in [2.05, 4.69) is 6.58 Å². The maximum absolute atomic E-state index is 5.73. The van der Waals surface area contributed by atoms with E-state index in [1.54, 1.807) is 0 Å². The second kappa shape index (κ2) is 5.17. The summed E-state index contributed by atoms with van der Waals surface area (Å²) >= 11 is 0. The Kier molecular flexibility index (Phi) is 4.13. The smallest absolute Gasteiger partial charge is 0.204 e. The monoisotopic (exact) mass is 220 g/mol. The van der Waals surface area contributed by atoms with Crippen molar-refractivity contribution in [1.82, 2.24) is 0 Å². The van der Waals surface area contributed by atoms with Crippen LogP contribution in [0.3, 0.4) is 0 Å². The molecule has 0 bridgehead atoms. The molecule has 88 valence electrons. The van der Waals surface area contributed by atoms with Gasteiger partial charge < -0.3 is 9.47 Å². The van der Waals surface area contributed by atoms with Crippen LogP contribution < -0.4 is 4.74 Å². The van der Waals surface area contributed by atoms with Crippen LogP contribution in [-0.2, 0) is 4.74 Å². The van der Waals surface area contributed by atoms with Gasteiger partial charge in [-0.1, -0.05) is 24.3 Å². The van der Waals surface area contributed by atoms with E-state index in [1.807, 2.05) is 52.0 Å². The van der Waals surface area contributed by atoms with Gasteiger partial charge in [0.2, 0.25) is 5.79 Å². The minimum absolute atomic E-state index is 0.584. The first kappa shape index (κ1) is 12.8. The molecule has 0 amide bonds. The predicted molar refractivity (Wildman–Crippen MR) is 67.5 cm³/mol. The number of hydrogen-bond acceptors (Lipinski definition) is 2. The van der Waals surface area contributed by atoms with Crippen molar-refractivity contribution in [3.63, 3.8) is 0 Å². The minimum Gasteiger partial charge on any atom is -0.463 e. The van der Waals surface area contributed by atoms with E-state index in [-0.39, 0.29) is 0 Å². The summed E-state index contributed by atoms with van der Waals surface area (Å²) in [6.45, 7) is 12.3. The van der Waals surface area contributed by atoms with Crippen LogP contribution >= 0.6 is 0 Å². The Morgan fingerprint density at radius 1 is 1.25 bits per heavy atom. The largest absolute Gasteiger partial charge is 0.463 e. The summed E-state index contributed by atoms with van der Waals surface area (Å²) in [4.78, 5) is 0. The molecule has 0 aromatic heterocycles. The van der Waals surface area contributed by atoms with Crippen LogP contribution in [0, 0.1) is 0 Å². The van der Waals surface area contributed by atoms with E-state index >= 15 is 0 Å². The fourth-order valence-corrected chi connectivity index (χ4v) is 1.47. The molecular formula is C14H20O2. The standard InChI is InChI=1S/C14H20O2/c1-6-15-14(4,5)16-13-9-7-12(8-10-13)11(2)3/h7-10H,2,6H2,1,3-5H3. The number of ether oxygens (including phenoxy) is 2. The molecule has 0 spiro atoms. The zero-order valence-corrected chi connectivity index (χ0v) is 10.5. The molecule has 0 aliphatic heterocycles. The van der Waals surface area contributed by atoms with Crippen molar-refractivity contribution in [3.8, 4) is 5.75 Å². The third-order valence-corrected chi connectivity index (χ3v) is 2.20. The topological polar surface area (TPSA) is 18.5 Å². The summed E-state index contributed by atoms with van der Waals surface area (Å²) in [5.74, 6) is 0.225. The Labute approximate surface area is 97.9 Å². The fourth-order valence-electron chi connectivity index (χ4n) is 1.47. The zero-order chi connectivity index (χ0) is 12.2. The van der Waals surface area contributed by atoms with Gasteiger partial charge in [-0.3, -0.25) is 0 Å². The van der Waals surface area contributed by atoms with E-state index in [0.717, 1.165) is 16.9 Å². The van der Waals surface area contributed by atoms with Crippen molar-refractivity contribution < 1.29 is 9.47 Å². The summed E-state index contributed by atoms with van der Waals surface area (Å²) in [6, 6.07) is 7.87. The molecule has 0 aliphatic rings. The highest BCUT2D eigenvalue weighted by atomic mass is 16.7. The van der Waals surface area contributed by atoms with Gasteiger partial charge in [0.1, 0.15) is 5.75 Å². The number of allylic oxidation sites excluding steroid dienone is 1. The lowest BCUT2D eigenvalue weighted by molar-refractivity contribution is -0.152. The quantitative estimate of drug-likeness (QED) is 0.701. The molecule has 0 atom stereocenters.